The van der Waals surface area contributed by atoms with Crippen molar-refractivity contribution in [3.05, 3.63) is 29.6 Å². The lowest BCUT2D eigenvalue weighted by Crippen LogP contribution is -2.38. The number of nitrogens with one attached hydrogen (secondary N) is 1. The van der Waals surface area contributed by atoms with Crippen molar-refractivity contribution in [3.63, 3.8) is 0 Å². The van der Waals surface area contributed by atoms with Crippen molar-refractivity contribution in [2.24, 2.45) is 0 Å². The molecule has 24 heavy (non-hydrogen) atoms. The van der Waals surface area contributed by atoms with Crippen molar-refractivity contribution in [1.82, 2.24) is 15.2 Å². The zero-order valence-electron chi connectivity index (χ0n) is 15.5. The number of hydrogen-bond donors (Lipinski definition) is 1. The van der Waals surface area contributed by atoms with Gasteiger partial charge in [0.2, 0.25) is 0 Å². The molecular weight excluding hydrogens is 302 g/mol. The minimum atomic E-state index is -0.427. The average molecular weight is 333 g/mol. The number of aromatic nitrogens is 1. The number of amides is 1. The second-order valence-corrected chi connectivity index (χ2v) is 7.60. The first-order valence-electron chi connectivity index (χ1n) is 8.96. The summed E-state index contributed by atoms with van der Waals surface area (Å²) in [6.07, 6.45) is 7.71. The molecule has 1 aromatic heterocycles. The molecule has 2 rings (SSSR count). The first-order chi connectivity index (χ1) is 11.3. The van der Waals surface area contributed by atoms with Crippen LogP contribution in [0.4, 0.5) is 4.79 Å². The Balaban J connectivity index is 1.75. The molecule has 134 valence electrons. The van der Waals surface area contributed by atoms with Gasteiger partial charge in [0, 0.05) is 31.5 Å². The number of pyridine rings is 1. The van der Waals surface area contributed by atoms with E-state index in [4.69, 9.17) is 4.74 Å². The molecule has 5 nitrogen and oxygen atoms in total. The Kier molecular flexibility index (Phi) is 6.60. The summed E-state index contributed by atoms with van der Waals surface area (Å²) in [5.41, 5.74) is 2.17. The van der Waals surface area contributed by atoms with E-state index in [1.54, 1.807) is 0 Å². The molecule has 1 N–H and O–H groups in total. The van der Waals surface area contributed by atoms with E-state index >= 15 is 0 Å². The van der Waals surface area contributed by atoms with Crippen molar-refractivity contribution in [2.75, 3.05) is 19.6 Å². The van der Waals surface area contributed by atoms with Crippen LogP contribution in [0.5, 0.6) is 0 Å². The molecule has 0 aliphatic carbocycles. The highest BCUT2D eigenvalue weighted by Crippen LogP contribution is 2.15. The Labute approximate surface area is 145 Å². The molecule has 0 aromatic carbocycles. The van der Waals surface area contributed by atoms with E-state index in [1.807, 2.05) is 38.1 Å². The van der Waals surface area contributed by atoms with Crippen molar-refractivity contribution >= 4 is 6.09 Å². The maximum absolute atomic E-state index is 12.2. The zero-order chi connectivity index (χ0) is 17.6. The summed E-state index contributed by atoms with van der Waals surface area (Å²) >= 11 is 0. The molecule has 1 aliphatic rings. The minimum Gasteiger partial charge on any atom is -0.444 e. The molecule has 1 fully saturated rings. The molecule has 0 bridgehead atoms. The van der Waals surface area contributed by atoms with E-state index in [-0.39, 0.29) is 6.09 Å². The molecule has 1 aliphatic heterocycles. The SMILES string of the molecule is Cc1cnccc1CCN[C@H]1CCCN(C(=O)OC(C)(C)C)CC1. The van der Waals surface area contributed by atoms with Crippen molar-refractivity contribution in [3.8, 4) is 0 Å². The summed E-state index contributed by atoms with van der Waals surface area (Å²) in [4.78, 5) is 18.2. The van der Waals surface area contributed by atoms with Gasteiger partial charge in [-0.05, 0) is 77.1 Å². The Morgan fingerprint density at radius 2 is 2.17 bits per heavy atom. The minimum absolute atomic E-state index is 0.185. The predicted octanol–water partition coefficient (Wildman–Crippen LogP) is 3.31. The number of hydrogen-bond acceptors (Lipinski definition) is 4. The summed E-state index contributed by atoms with van der Waals surface area (Å²) < 4.78 is 5.48. The third-order valence-electron chi connectivity index (χ3n) is 4.34. The lowest BCUT2D eigenvalue weighted by Gasteiger charge is -2.26. The van der Waals surface area contributed by atoms with Crippen LogP contribution in [0.1, 0.15) is 51.2 Å². The van der Waals surface area contributed by atoms with Crippen LogP contribution in [0.2, 0.25) is 0 Å². The zero-order valence-corrected chi connectivity index (χ0v) is 15.5. The van der Waals surface area contributed by atoms with Gasteiger partial charge >= 0.3 is 6.09 Å². The van der Waals surface area contributed by atoms with Gasteiger partial charge in [-0.2, -0.15) is 0 Å². The van der Waals surface area contributed by atoms with Gasteiger partial charge in [-0.1, -0.05) is 0 Å². The molecule has 0 spiro atoms. The molecule has 1 atom stereocenters. The third kappa shape index (κ3) is 6.11. The Morgan fingerprint density at radius 3 is 2.88 bits per heavy atom. The van der Waals surface area contributed by atoms with E-state index < -0.39 is 5.60 Å². The second kappa shape index (κ2) is 8.47. The second-order valence-electron chi connectivity index (χ2n) is 7.60. The Hall–Kier alpha value is -1.62. The monoisotopic (exact) mass is 333 g/mol. The summed E-state index contributed by atoms with van der Waals surface area (Å²) in [7, 11) is 0. The molecule has 1 aromatic rings. The van der Waals surface area contributed by atoms with Gasteiger partial charge in [0.15, 0.2) is 0 Å². The first-order valence-corrected chi connectivity index (χ1v) is 8.96. The van der Waals surface area contributed by atoms with Crippen LogP contribution < -0.4 is 5.32 Å². The van der Waals surface area contributed by atoms with Gasteiger partial charge in [-0.25, -0.2) is 4.79 Å². The topological polar surface area (TPSA) is 54.5 Å². The Bertz CT molecular complexity index is 540. The van der Waals surface area contributed by atoms with Crippen LogP contribution in [0.15, 0.2) is 18.5 Å². The summed E-state index contributed by atoms with van der Waals surface area (Å²) in [5, 5.41) is 3.65. The molecule has 5 heteroatoms. The highest BCUT2D eigenvalue weighted by molar-refractivity contribution is 5.68. The predicted molar refractivity (Wildman–Crippen MR) is 96.1 cm³/mol. The normalized spacial score (nSPS) is 19.0. The van der Waals surface area contributed by atoms with Crippen molar-refractivity contribution in [1.29, 1.82) is 0 Å². The third-order valence-corrected chi connectivity index (χ3v) is 4.34. The smallest absolute Gasteiger partial charge is 0.410 e. The lowest BCUT2D eigenvalue weighted by atomic mass is 10.1. The lowest BCUT2D eigenvalue weighted by molar-refractivity contribution is 0.0256. The molecule has 0 radical (unpaired) electrons. The highest BCUT2D eigenvalue weighted by atomic mass is 16.6. The number of ether oxygens (including phenoxy) is 1. The fraction of sp³-hybridized carbons (Fsp3) is 0.684. The number of rotatable bonds is 4. The molecule has 1 saturated heterocycles. The van der Waals surface area contributed by atoms with E-state index in [2.05, 4.69) is 23.3 Å². The number of aryl methyl sites for hydroxylation is 1. The van der Waals surface area contributed by atoms with Crippen LogP contribution in [-0.4, -0.2) is 47.3 Å². The van der Waals surface area contributed by atoms with E-state index in [9.17, 15) is 4.79 Å². The van der Waals surface area contributed by atoms with E-state index in [0.717, 1.165) is 45.3 Å². The average Bonchev–Trinajstić information content (AvgIpc) is 2.73. The molecule has 1 amide bonds. The standard InChI is InChI=1S/C19H31N3O2/c1-15-14-20-10-7-16(15)8-11-21-17-6-5-12-22(13-9-17)18(23)24-19(2,3)4/h7,10,14,17,21H,5-6,8-9,11-13H2,1-4H3/t17-/m0/s1. The van der Waals surface area contributed by atoms with Crippen molar-refractivity contribution < 1.29 is 9.53 Å². The Morgan fingerprint density at radius 1 is 1.38 bits per heavy atom. The quantitative estimate of drug-likeness (QED) is 0.918. The molecule has 0 saturated carbocycles. The maximum Gasteiger partial charge on any atom is 0.410 e. The maximum atomic E-state index is 12.2. The number of carbonyl (C=O) groups is 1. The highest BCUT2D eigenvalue weighted by Gasteiger charge is 2.24. The molecular formula is C19H31N3O2. The molecule has 2 heterocycles. The van der Waals surface area contributed by atoms with Gasteiger partial charge in [0.05, 0.1) is 0 Å². The summed E-state index contributed by atoms with van der Waals surface area (Å²) in [6.45, 7) is 10.3. The van der Waals surface area contributed by atoms with Gasteiger partial charge in [-0.3, -0.25) is 4.98 Å². The summed E-state index contributed by atoms with van der Waals surface area (Å²) in [6, 6.07) is 2.56. The van der Waals surface area contributed by atoms with E-state index in [0.29, 0.717) is 6.04 Å². The fourth-order valence-electron chi connectivity index (χ4n) is 3.00. The van der Waals surface area contributed by atoms with Crippen LogP contribution in [0.3, 0.4) is 0 Å². The van der Waals surface area contributed by atoms with Crippen LogP contribution >= 0.6 is 0 Å². The van der Waals surface area contributed by atoms with Crippen LogP contribution in [-0.2, 0) is 11.2 Å². The van der Waals surface area contributed by atoms with Gasteiger partial charge < -0.3 is 15.0 Å². The van der Waals surface area contributed by atoms with Gasteiger partial charge in [0.1, 0.15) is 5.60 Å². The number of carbonyl (C=O) groups excluding carboxylic acids is 1. The van der Waals surface area contributed by atoms with Crippen LogP contribution in [0.25, 0.3) is 0 Å². The fourth-order valence-corrected chi connectivity index (χ4v) is 3.00. The number of likely N-dealkylation sites (tertiary alicyclic amines) is 1. The number of nitrogens with zero attached hydrogens (tertiary/aromatic N) is 2. The largest absolute Gasteiger partial charge is 0.444 e. The van der Waals surface area contributed by atoms with Crippen LogP contribution in [0, 0.1) is 6.92 Å². The van der Waals surface area contributed by atoms with Crippen molar-refractivity contribution in [2.45, 2.75) is 65.0 Å². The molecule has 0 unspecified atom stereocenters. The van der Waals surface area contributed by atoms with Gasteiger partial charge in [-0.15, -0.1) is 0 Å². The summed E-state index contributed by atoms with van der Waals surface area (Å²) in [5.74, 6) is 0. The van der Waals surface area contributed by atoms with E-state index in [1.165, 1.54) is 11.1 Å². The first kappa shape index (κ1) is 18.7. The van der Waals surface area contributed by atoms with Gasteiger partial charge in [0.25, 0.3) is 0 Å².